The number of anilines is 10. The van der Waals surface area contributed by atoms with Gasteiger partial charge in [-0.25, -0.2) is 0 Å². The summed E-state index contributed by atoms with van der Waals surface area (Å²) >= 11 is 0. The number of aryl methyl sites for hydroxylation is 2. The number of allylic oxidation sites excluding steroid dienone is 29. The summed E-state index contributed by atoms with van der Waals surface area (Å²) in [6, 6.07) is 108. The largest absolute Gasteiger partial charge is 0.338 e. The molecule has 0 amide bonds. The lowest BCUT2D eigenvalue weighted by atomic mass is 9.75. The van der Waals surface area contributed by atoms with E-state index < -0.39 is 0 Å². The first-order chi connectivity index (χ1) is 62.5. The Hall–Kier alpha value is -14.0. The monoisotopic (exact) mass is 1650 g/mol. The summed E-state index contributed by atoms with van der Waals surface area (Å²) in [5.41, 5.74) is 33.1. The third-order valence-corrected chi connectivity index (χ3v) is 26.0. The first-order valence-electron chi connectivity index (χ1n) is 45.9. The van der Waals surface area contributed by atoms with Gasteiger partial charge in [-0.2, -0.15) is 0 Å². The molecule has 17 rings (SSSR count). The van der Waals surface area contributed by atoms with Gasteiger partial charge < -0.3 is 24.5 Å². The van der Waals surface area contributed by atoms with Crippen molar-refractivity contribution < 1.29 is 0 Å². The highest BCUT2D eigenvalue weighted by atomic mass is 15.2. The van der Waals surface area contributed by atoms with Gasteiger partial charge in [-0.15, -0.1) is 0 Å². The number of rotatable bonds is 30. The highest BCUT2D eigenvalue weighted by Crippen LogP contribution is 2.47. The van der Waals surface area contributed by atoms with E-state index in [2.05, 4.69) is 504 Å². The Kier molecular flexibility index (Phi) is 27.3. The Balaban J connectivity index is 0.658. The molecule has 5 nitrogen and oxygen atoms in total. The van der Waals surface area contributed by atoms with Crippen molar-refractivity contribution in [3.05, 3.63) is 516 Å². The molecule has 6 unspecified atom stereocenters. The van der Waals surface area contributed by atoms with E-state index in [-0.39, 0.29) is 35.8 Å². The van der Waals surface area contributed by atoms with Crippen LogP contribution in [0.5, 0.6) is 0 Å². The van der Waals surface area contributed by atoms with E-state index in [1.807, 2.05) is 6.08 Å². The van der Waals surface area contributed by atoms with Crippen LogP contribution in [0.15, 0.2) is 472 Å². The van der Waals surface area contributed by atoms with E-state index in [1.165, 1.54) is 112 Å². The first-order valence-corrected chi connectivity index (χ1v) is 45.9. The molecular weight excluding hydrogens is 1540 g/mol. The summed E-state index contributed by atoms with van der Waals surface area (Å²) in [5.74, 6) is 1.45. The average molecular weight is 1650 g/mol. The molecule has 0 spiro atoms. The van der Waals surface area contributed by atoms with Gasteiger partial charge in [0.15, 0.2) is 0 Å². The minimum absolute atomic E-state index is 0.0840. The van der Waals surface area contributed by atoms with E-state index in [9.17, 15) is 0 Å². The van der Waals surface area contributed by atoms with Crippen molar-refractivity contribution in [3.8, 4) is 0 Å². The van der Waals surface area contributed by atoms with E-state index in [0.29, 0.717) is 5.92 Å². The summed E-state index contributed by atoms with van der Waals surface area (Å²) < 4.78 is 0. The predicted molar refractivity (Wildman–Crippen MR) is 545 cm³/mol. The molecule has 0 saturated heterocycles. The standard InChI is InChI=1S/C122H117N5/c1-8-11-33-93(9-2)48-82-122(103-54-50-96(51-55-103)97-62-74-117(75-63-97)126(111-40-23-15-24-41-111)120-45-28-31-90(5)84-120)104-56-52-100(53-57-104)105-86-106(101-66-78-115(79-67-101)124(109-36-19-13-20-37-109)113-70-58-95(59-71-113)94(10-3)49-47-92(7)123(108-34-17-12-18-35-108)119-44-27-30-89(4)83-119)88-107(87-105)102-68-80-116(81-69-102)125(110-38-21-14-22-39-110)114-72-60-98(61-73-114)99-64-76-118(77-65-99)127(112-42-25-16-26-43-112)121-46-29-32-91(6)85-121/h8-23,25-40,42-47,49-50,52-68,70-76,78-81,83-84,86,88,91-92,96,102,107,118,122H,1,24,41,48,51,69,77,82,85,87H2,2-7H3/b33-11-,49-47-,93-9+,94-10+/t91-,92?,96?,102?,107?,118?,122?/m0/s1. The molecule has 11 aromatic rings. The van der Waals surface area contributed by atoms with Crippen LogP contribution in [0.1, 0.15) is 142 Å². The van der Waals surface area contributed by atoms with Crippen molar-refractivity contribution in [1.82, 2.24) is 0 Å². The van der Waals surface area contributed by atoms with Crippen LogP contribution in [0.25, 0.3) is 22.3 Å². The Morgan fingerprint density at radius 3 is 1.66 bits per heavy atom. The SMILES string of the molecule is C=C/C=C\C(=C/C)CCC(C1=CCC(c2ccc(N(C3=CC=CCC3)c3cccc(C)c3)cc2)C=C1)c1ccc(C2=CC(c3ccc(N(c4ccccc4)c4ccc(C(/C=C\C(C)N(c5ccccc5)c5cccc(C)c5)=C/C)cc4)cc3)=CC(C3C=CC(N(c4ccccc4)c4ccc(C5=CCC(N(C6=CC=C[C@H](C)C6)c6ccccc6)C=C5)cc4)=CC3)C2)cc1. The molecule has 7 atom stereocenters. The zero-order valence-electron chi connectivity index (χ0n) is 74.4. The van der Waals surface area contributed by atoms with Crippen LogP contribution in [-0.2, 0) is 0 Å². The maximum atomic E-state index is 4.02. The van der Waals surface area contributed by atoms with E-state index >= 15 is 0 Å². The molecule has 630 valence electrons. The number of para-hydroxylation sites is 4. The second-order valence-electron chi connectivity index (χ2n) is 34.6. The molecule has 0 fully saturated rings. The molecule has 127 heavy (non-hydrogen) atoms. The Morgan fingerprint density at radius 2 is 1.06 bits per heavy atom. The van der Waals surface area contributed by atoms with Gasteiger partial charge in [0.25, 0.3) is 0 Å². The lowest BCUT2D eigenvalue weighted by molar-refractivity contribution is 0.482. The van der Waals surface area contributed by atoms with E-state index in [0.717, 1.165) is 97.5 Å². The Morgan fingerprint density at radius 1 is 0.472 bits per heavy atom. The molecule has 0 bridgehead atoms. The summed E-state index contributed by atoms with van der Waals surface area (Å²) in [7, 11) is 0. The zero-order chi connectivity index (χ0) is 86.8. The lowest BCUT2D eigenvalue weighted by Gasteiger charge is -2.36. The van der Waals surface area contributed by atoms with Crippen LogP contribution in [0.4, 0.5) is 56.9 Å². The minimum Gasteiger partial charge on any atom is -0.338 e. The second kappa shape index (κ2) is 40.8. The van der Waals surface area contributed by atoms with Gasteiger partial charge in [-0.1, -0.05) is 317 Å². The number of hydrogen-bond acceptors (Lipinski definition) is 5. The molecule has 11 aromatic carbocycles. The zero-order valence-corrected chi connectivity index (χ0v) is 74.4. The smallest absolute Gasteiger partial charge is 0.0557 e. The van der Waals surface area contributed by atoms with E-state index in [4.69, 9.17) is 0 Å². The van der Waals surface area contributed by atoms with Crippen molar-refractivity contribution in [2.45, 2.75) is 123 Å². The molecule has 5 heteroatoms. The summed E-state index contributed by atoms with van der Waals surface area (Å²) in [4.78, 5) is 12.2. The molecule has 0 heterocycles. The second-order valence-corrected chi connectivity index (χ2v) is 34.6. The van der Waals surface area contributed by atoms with Gasteiger partial charge in [-0.05, 0) is 322 Å². The molecule has 0 N–H and O–H groups in total. The van der Waals surface area contributed by atoms with Crippen LogP contribution in [0, 0.1) is 31.6 Å². The van der Waals surface area contributed by atoms with Crippen molar-refractivity contribution >= 4 is 79.2 Å². The van der Waals surface area contributed by atoms with Crippen LogP contribution in [-0.4, -0.2) is 12.1 Å². The molecule has 0 radical (unpaired) electrons. The predicted octanol–water partition coefficient (Wildman–Crippen LogP) is 33.0. The van der Waals surface area contributed by atoms with E-state index in [1.54, 1.807) is 0 Å². The summed E-state index contributed by atoms with van der Waals surface area (Å²) in [6.07, 6.45) is 64.7. The number of nitrogens with zero attached hydrogens (tertiary/aromatic N) is 5. The molecule has 6 aliphatic carbocycles. The Labute approximate surface area is 755 Å². The maximum absolute atomic E-state index is 4.02. The van der Waals surface area contributed by atoms with Gasteiger partial charge in [-0.3, -0.25) is 0 Å². The fraction of sp³-hybridized carbons (Fsp3) is 0.180. The number of benzene rings is 11. The molecule has 0 aromatic heterocycles. The average Bonchev–Trinajstić information content (AvgIpc) is 0.795. The van der Waals surface area contributed by atoms with Gasteiger partial charge in [0.1, 0.15) is 0 Å². The topological polar surface area (TPSA) is 16.2 Å². The van der Waals surface area contributed by atoms with Crippen molar-refractivity contribution in [3.63, 3.8) is 0 Å². The summed E-state index contributed by atoms with van der Waals surface area (Å²) in [6.45, 7) is 17.3. The number of hydrogen-bond donors (Lipinski definition) is 0. The van der Waals surface area contributed by atoms with Crippen molar-refractivity contribution in [2.75, 3.05) is 24.5 Å². The fourth-order valence-corrected chi connectivity index (χ4v) is 19.2. The normalized spacial score (nSPS) is 18.6. The minimum atomic E-state index is 0.0840. The van der Waals surface area contributed by atoms with Crippen LogP contribution in [0.2, 0.25) is 0 Å². The Bertz CT molecular complexity index is 6190. The van der Waals surface area contributed by atoms with Crippen LogP contribution in [0.3, 0.4) is 0 Å². The third kappa shape index (κ3) is 20.4. The third-order valence-electron chi connectivity index (χ3n) is 26.0. The van der Waals surface area contributed by atoms with Gasteiger partial charge in [0, 0.05) is 91.8 Å². The van der Waals surface area contributed by atoms with Crippen molar-refractivity contribution in [1.29, 1.82) is 0 Å². The first kappa shape index (κ1) is 85.2. The lowest BCUT2D eigenvalue weighted by Crippen LogP contribution is -2.34. The maximum Gasteiger partial charge on any atom is 0.0557 e. The fourth-order valence-electron chi connectivity index (χ4n) is 19.2. The summed E-state index contributed by atoms with van der Waals surface area (Å²) in [5, 5.41) is 0. The highest BCUT2D eigenvalue weighted by Gasteiger charge is 2.30. The van der Waals surface area contributed by atoms with Gasteiger partial charge in [0.2, 0.25) is 0 Å². The molecule has 0 saturated carbocycles. The molecular formula is C122H117N5. The highest BCUT2D eigenvalue weighted by molar-refractivity contribution is 5.89. The van der Waals surface area contributed by atoms with Crippen molar-refractivity contribution in [2.24, 2.45) is 17.8 Å². The van der Waals surface area contributed by atoms with Crippen LogP contribution >= 0.6 is 0 Å². The quantitative estimate of drug-likeness (QED) is 0.0416. The van der Waals surface area contributed by atoms with Gasteiger partial charge >= 0.3 is 0 Å². The molecule has 6 aliphatic rings. The van der Waals surface area contributed by atoms with Crippen LogP contribution < -0.4 is 24.5 Å². The molecule has 0 aliphatic heterocycles. The van der Waals surface area contributed by atoms with Gasteiger partial charge in [0.05, 0.1) is 6.04 Å².